The summed E-state index contributed by atoms with van der Waals surface area (Å²) in [5.74, 6) is 0.238. The lowest BCUT2D eigenvalue weighted by molar-refractivity contribution is 0.0720. The van der Waals surface area contributed by atoms with Crippen LogP contribution in [-0.4, -0.2) is 28.7 Å². The average Bonchev–Trinajstić information content (AvgIpc) is 2.75. The van der Waals surface area contributed by atoms with Crippen molar-refractivity contribution in [2.24, 2.45) is 12.5 Å². The Labute approximate surface area is 96.0 Å². The molecule has 0 aliphatic carbocycles. The molecule has 1 saturated heterocycles. The van der Waals surface area contributed by atoms with Gasteiger partial charge in [0, 0.05) is 25.2 Å². The lowest BCUT2D eigenvalue weighted by Crippen LogP contribution is -2.45. The van der Waals surface area contributed by atoms with Crippen LogP contribution in [0, 0.1) is 5.41 Å². The molecule has 2 heterocycles. The monoisotopic (exact) mass is 221 g/mol. The Morgan fingerprint density at radius 2 is 2.50 bits per heavy atom. The number of aromatic nitrogens is 2. The molecule has 0 radical (unpaired) electrons. The predicted octanol–water partition coefficient (Wildman–Crippen LogP) is 1.38. The van der Waals surface area contributed by atoms with Gasteiger partial charge in [0.25, 0.3) is 0 Å². The highest BCUT2D eigenvalue weighted by Crippen LogP contribution is 2.33. The zero-order valence-electron chi connectivity index (χ0n) is 9.99. The molecular weight excluding hydrogens is 202 g/mol. The summed E-state index contributed by atoms with van der Waals surface area (Å²) in [5.41, 5.74) is 0.511. The summed E-state index contributed by atoms with van der Waals surface area (Å²) in [6, 6.07) is 1.81. The number of Topliss-reactive ketones (excluding diaryl/α,β-unsaturated/α-hetero) is 1. The SMILES string of the molecule is CCC1(C(=O)c2ccnn2C)CCCNC1. The molecule has 16 heavy (non-hydrogen) atoms. The molecule has 0 aromatic carbocycles. The Kier molecular flexibility index (Phi) is 3.10. The number of hydrogen-bond acceptors (Lipinski definition) is 3. The van der Waals surface area contributed by atoms with E-state index in [2.05, 4.69) is 17.3 Å². The summed E-state index contributed by atoms with van der Waals surface area (Å²) in [6.45, 7) is 3.93. The second-order valence-corrected chi connectivity index (χ2v) is 4.58. The van der Waals surface area contributed by atoms with Gasteiger partial charge in [-0.3, -0.25) is 9.48 Å². The van der Waals surface area contributed by atoms with Crippen molar-refractivity contribution in [3.8, 4) is 0 Å². The van der Waals surface area contributed by atoms with Gasteiger partial charge in [-0.2, -0.15) is 5.10 Å². The number of piperidine rings is 1. The van der Waals surface area contributed by atoms with Crippen LogP contribution in [0.4, 0.5) is 0 Å². The molecule has 1 aromatic heterocycles. The van der Waals surface area contributed by atoms with E-state index in [4.69, 9.17) is 0 Å². The van der Waals surface area contributed by atoms with Crippen LogP contribution < -0.4 is 5.32 Å². The quantitative estimate of drug-likeness (QED) is 0.784. The van der Waals surface area contributed by atoms with Gasteiger partial charge >= 0.3 is 0 Å². The minimum Gasteiger partial charge on any atom is -0.316 e. The van der Waals surface area contributed by atoms with Crippen LogP contribution in [0.5, 0.6) is 0 Å². The van der Waals surface area contributed by atoms with Gasteiger partial charge in [0.1, 0.15) is 5.69 Å². The molecule has 0 amide bonds. The second kappa shape index (κ2) is 4.37. The number of hydrogen-bond donors (Lipinski definition) is 1. The van der Waals surface area contributed by atoms with Gasteiger partial charge in [-0.1, -0.05) is 6.92 Å². The zero-order chi connectivity index (χ0) is 11.6. The first-order valence-electron chi connectivity index (χ1n) is 5.93. The van der Waals surface area contributed by atoms with E-state index in [0.29, 0.717) is 0 Å². The van der Waals surface area contributed by atoms with E-state index in [0.717, 1.165) is 38.0 Å². The maximum absolute atomic E-state index is 12.5. The molecular formula is C12H19N3O. The topological polar surface area (TPSA) is 46.9 Å². The molecule has 0 saturated carbocycles. The van der Waals surface area contributed by atoms with Crippen molar-refractivity contribution in [3.05, 3.63) is 18.0 Å². The van der Waals surface area contributed by atoms with Gasteiger partial charge in [-0.05, 0) is 31.9 Å². The summed E-state index contributed by atoms with van der Waals surface area (Å²) < 4.78 is 1.67. The molecule has 0 bridgehead atoms. The van der Waals surface area contributed by atoms with Crippen molar-refractivity contribution in [2.75, 3.05) is 13.1 Å². The molecule has 2 rings (SSSR count). The largest absolute Gasteiger partial charge is 0.316 e. The molecule has 1 aliphatic rings. The van der Waals surface area contributed by atoms with Gasteiger partial charge in [0.15, 0.2) is 5.78 Å². The van der Waals surface area contributed by atoms with Crippen LogP contribution in [0.2, 0.25) is 0 Å². The fourth-order valence-electron chi connectivity index (χ4n) is 2.49. The first-order valence-corrected chi connectivity index (χ1v) is 5.93. The molecule has 88 valence electrons. The average molecular weight is 221 g/mol. The van der Waals surface area contributed by atoms with Gasteiger partial charge in [0.2, 0.25) is 0 Å². The fraction of sp³-hybridized carbons (Fsp3) is 0.667. The number of nitrogens with zero attached hydrogens (tertiary/aromatic N) is 2. The fourth-order valence-corrected chi connectivity index (χ4v) is 2.49. The molecule has 1 aliphatic heterocycles. The third kappa shape index (κ3) is 1.78. The summed E-state index contributed by atoms with van der Waals surface area (Å²) >= 11 is 0. The third-order valence-corrected chi connectivity index (χ3v) is 3.68. The van der Waals surface area contributed by atoms with Crippen LogP contribution in [0.25, 0.3) is 0 Å². The summed E-state index contributed by atoms with van der Waals surface area (Å²) in [6.07, 6.45) is 4.65. The highest BCUT2D eigenvalue weighted by molar-refractivity contribution is 5.99. The summed E-state index contributed by atoms with van der Waals surface area (Å²) in [4.78, 5) is 12.5. The Morgan fingerprint density at radius 1 is 1.69 bits per heavy atom. The third-order valence-electron chi connectivity index (χ3n) is 3.68. The van der Waals surface area contributed by atoms with Crippen molar-refractivity contribution < 1.29 is 4.79 Å². The van der Waals surface area contributed by atoms with E-state index in [1.165, 1.54) is 0 Å². The Bertz CT molecular complexity index is 377. The van der Waals surface area contributed by atoms with E-state index < -0.39 is 0 Å². The second-order valence-electron chi connectivity index (χ2n) is 4.58. The van der Waals surface area contributed by atoms with Crippen LogP contribution in [-0.2, 0) is 7.05 Å². The standard InChI is InChI=1S/C12H19N3O/c1-3-12(6-4-7-13-9-12)11(16)10-5-8-14-15(10)2/h5,8,13H,3-4,6-7,9H2,1-2H3. The first-order chi connectivity index (χ1) is 7.69. The molecule has 4 heteroatoms. The van der Waals surface area contributed by atoms with Crippen molar-refractivity contribution >= 4 is 5.78 Å². The van der Waals surface area contributed by atoms with Crippen molar-refractivity contribution in [1.29, 1.82) is 0 Å². The number of ketones is 1. The molecule has 1 N–H and O–H groups in total. The number of carbonyl (C=O) groups is 1. The van der Waals surface area contributed by atoms with E-state index in [9.17, 15) is 4.79 Å². The van der Waals surface area contributed by atoms with E-state index in [1.54, 1.807) is 10.9 Å². The normalized spacial score (nSPS) is 25.6. The lowest BCUT2D eigenvalue weighted by atomic mass is 9.74. The van der Waals surface area contributed by atoms with E-state index >= 15 is 0 Å². The van der Waals surface area contributed by atoms with E-state index in [1.807, 2.05) is 13.1 Å². The maximum atomic E-state index is 12.5. The number of rotatable bonds is 3. The lowest BCUT2D eigenvalue weighted by Gasteiger charge is -2.35. The van der Waals surface area contributed by atoms with Crippen molar-refractivity contribution in [3.63, 3.8) is 0 Å². The summed E-state index contributed by atoms with van der Waals surface area (Å²) in [7, 11) is 1.83. The van der Waals surface area contributed by atoms with Crippen LogP contribution in [0.15, 0.2) is 12.3 Å². The zero-order valence-corrected chi connectivity index (χ0v) is 9.99. The Hall–Kier alpha value is -1.16. The van der Waals surface area contributed by atoms with Gasteiger partial charge < -0.3 is 5.32 Å². The molecule has 1 fully saturated rings. The van der Waals surface area contributed by atoms with Gasteiger partial charge in [0.05, 0.1) is 0 Å². The summed E-state index contributed by atoms with van der Waals surface area (Å²) in [5, 5.41) is 7.41. The van der Waals surface area contributed by atoms with Crippen LogP contribution in [0.3, 0.4) is 0 Å². The molecule has 4 nitrogen and oxygen atoms in total. The van der Waals surface area contributed by atoms with Gasteiger partial charge in [-0.15, -0.1) is 0 Å². The van der Waals surface area contributed by atoms with Crippen LogP contribution in [0.1, 0.15) is 36.7 Å². The van der Waals surface area contributed by atoms with Crippen molar-refractivity contribution in [2.45, 2.75) is 26.2 Å². The number of carbonyl (C=O) groups excluding carboxylic acids is 1. The molecule has 1 atom stereocenters. The Morgan fingerprint density at radius 3 is 3.00 bits per heavy atom. The highest BCUT2D eigenvalue weighted by atomic mass is 16.1. The van der Waals surface area contributed by atoms with Crippen molar-refractivity contribution in [1.82, 2.24) is 15.1 Å². The molecule has 0 spiro atoms. The first kappa shape index (κ1) is 11.3. The molecule has 1 aromatic rings. The highest BCUT2D eigenvalue weighted by Gasteiger charge is 2.39. The van der Waals surface area contributed by atoms with E-state index in [-0.39, 0.29) is 11.2 Å². The Balaban J connectivity index is 2.28. The minimum absolute atomic E-state index is 0.216. The number of aryl methyl sites for hydroxylation is 1. The number of nitrogens with one attached hydrogen (secondary N) is 1. The molecule has 1 unspecified atom stereocenters. The minimum atomic E-state index is -0.216. The smallest absolute Gasteiger partial charge is 0.188 e. The van der Waals surface area contributed by atoms with Crippen LogP contribution >= 0.6 is 0 Å². The van der Waals surface area contributed by atoms with Gasteiger partial charge in [-0.25, -0.2) is 0 Å². The maximum Gasteiger partial charge on any atom is 0.188 e. The predicted molar refractivity (Wildman–Crippen MR) is 62.4 cm³/mol.